The first-order chi connectivity index (χ1) is 16.2. The molecule has 1 aromatic carbocycles. The summed E-state index contributed by atoms with van der Waals surface area (Å²) in [6.07, 6.45) is 7.61. The van der Waals surface area contributed by atoms with Gasteiger partial charge in [-0.1, -0.05) is 36.4 Å². The number of anilines is 2. The number of hydrogen-bond acceptors (Lipinski definition) is 7. The van der Waals surface area contributed by atoms with Crippen LogP contribution in [0.3, 0.4) is 0 Å². The van der Waals surface area contributed by atoms with Crippen molar-refractivity contribution >= 4 is 11.8 Å². The van der Waals surface area contributed by atoms with Crippen molar-refractivity contribution < 1.29 is 9.84 Å². The first kappa shape index (κ1) is 21.9. The van der Waals surface area contributed by atoms with Crippen molar-refractivity contribution in [2.24, 2.45) is 0 Å². The maximum atomic E-state index is 10.0. The third-order valence-electron chi connectivity index (χ3n) is 6.70. The Morgan fingerprint density at radius 3 is 2.48 bits per heavy atom. The molecule has 1 aromatic heterocycles. The highest BCUT2D eigenvalue weighted by Gasteiger charge is 2.24. The van der Waals surface area contributed by atoms with Crippen LogP contribution in [0, 0.1) is 0 Å². The maximum Gasteiger partial charge on any atom is 0.227 e. The molecule has 2 aliphatic heterocycles. The van der Waals surface area contributed by atoms with E-state index in [2.05, 4.69) is 51.1 Å². The summed E-state index contributed by atoms with van der Waals surface area (Å²) < 4.78 is 5.53. The molecule has 3 heterocycles. The molecule has 7 heteroatoms. The highest BCUT2D eigenvalue weighted by atomic mass is 16.5. The second-order valence-electron chi connectivity index (χ2n) is 8.95. The zero-order chi connectivity index (χ0) is 22.5. The number of piperazine rings is 1. The number of hydrogen-bond donors (Lipinski definition) is 1. The van der Waals surface area contributed by atoms with E-state index >= 15 is 0 Å². The summed E-state index contributed by atoms with van der Waals surface area (Å²) in [4.78, 5) is 17.0. The van der Waals surface area contributed by atoms with Crippen LogP contribution in [0.4, 0.5) is 11.8 Å². The third kappa shape index (κ3) is 5.54. The van der Waals surface area contributed by atoms with Gasteiger partial charge in [0.2, 0.25) is 5.95 Å². The van der Waals surface area contributed by atoms with E-state index in [1.54, 1.807) is 6.08 Å². The van der Waals surface area contributed by atoms with E-state index in [4.69, 9.17) is 14.7 Å². The molecule has 0 saturated carbocycles. The molecule has 5 rings (SSSR count). The number of aliphatic hydroxyl groups is 1. The van der Waals surface area contributed by atoms with Crippen molar-refractivity contribution in [3.8, 4) is 0 Å². The fraction of sp³-hybridized carbons (Fsp3) is 0.462. The van der Waals surface area contributed by atoms with Crippen molar-refractivity contribution in [3.63, 3.8) is 0 Å². The second-order valence-corrected chi connectivity index (χ2v) is 8.95. The van der Waals surface area contributed by atoms with Crippen molar-refractivity contribution in [2.45, 2.75) is 18.8 Å². The van der Waals surface area contributed by atoms with E-state index in [1.165, 1.54) is 5.56 Å². The molecule has 2 aromatic rings. The van der Waals surface area contributed by atoms with Gasteiger partial charge in [-0.2, -0.15) is 4.98 Å². The van der Waals surface area contributed by atoms with Crippen LogP contribution in [0.2, 0.25) is 0 Å². The number of morpholine rings is 1. The van der Waals surface area contributed by atoms with E-state index in [9.17, 15) is 5.11 Å². The molecular weight excluding hydrogens is 414 g/mol. The van der Waals surface area contributed by atoms with Gasteiger partial charge in [0.1, 0.15) is 11.6 Å². The summed E-state index contributed by atoms with van der Waals surface area (Å²) in [5.41, 5.74) is 2.37. The molecule has 1 unspecified atom stereocenters. The molecule has 2 fully saturated rings. The van der Waals surface area contributed by atoms with Crippen LogP contribution in [0.25, 0.3) is 0 Å². The van der Waals surface area contributed by atoms with Crippen molar-refractivity contribution in [3.05, 3.63) is 71.6 Å². The van der Waals surface area contributed by atoms with Crippen molar-refractivity contribution in [1.82, 2.24) is 14.9 Å². The standard InChI is InChI=1S/C26H33N5O2/c32-23-8-4-7-22(19-23)24-20-25(28-26(27-24)31-15-17-33-18-16-31)30-13-11-29(12-14-30)10-9-21-5-2-1-3-6-21/h1-6,8,19-20,22,32H,7,9-18H2. The van der Waals surface area contributed by atoms with Crippen LogP contribution in [0.5, 0.6) is 0 Å². The monoisotopic (exact) mass is 447 g/mol. The van der Waals surface area contributed by atoms with Gasteiger partial charge >= 0.3 is 0 Å². The van der Waals surface area contributed by atoms with Crippen LogP contribution in [-0.4, -0.2) is 79.0 Å². The maximum absolute atomic E-state index is 10.0. The molecule has 174 valence electrons. The van der Waals surface area contributed by atoms with E-state index in [0.717, 1.165) is 76.1 Å². The van der Waals surface area contributed by atoms with Gasteiger partial charge in [-0.05, 0) is 30.6 Å². The van der Waals surface area contributed by atoms with Gasteiger partial charge in [0, 0.05) is 57.8 Å². The lowest BCUT2D eigenvalue weighted by Gasteiger charge is -2.36. The molecular formula is C26H33N5O2. The van der Waals surface area contributed by atoms with E-state index in [0.29, 0.717) is 19.0 Å². The number of ether oxygens (including phenoxy) is 1. The molecule has 33 heavy (non-hydrogen) atoms. The number of aliphatic hydroxyl groups excluding tert-OH is 1. The fourth-order valence-electron chi connectivity index (χ4n) is 4.70. The predicted octanol–water partition coefficient (Wildman–Crippen LogP) is 3.16. The van der Waals surface area contributed by atoms with Crippen molar-refractivity contribution in [2.75, 3.05) is 68.8 Å². The first-order valence-corrected chi connectivity index (χ1v) is 12.0. The minimum absolute atomic E-state index is 0.0729. The minimum Gasteiger partial charge on any atom is -0.508 e. The van der Waals surface area contributed by atoms with Crippen LogP contribution in [-0.2, 0) is 11.2 Å². The summed E-state index contributed by atoms with van der Waals surface area (Å²) in [6.45, 7) is 8.09. The van der Waals surface area contributed by atoms with Gasteiger partial charge in [-0.3, -0.25) is 4.90 Å². The normalized spacial score (nSPS) is 21.8. The summed E-state index contributed by atoms with van der Waals surface area (Å²) in [5, 5.41) is 10.0. The number of aromatic nitrogens is 2. The van der Waals surface area contributed by atoms with Gasteiger partial charge in [-0.15, -0.1) is 0 Å². The quantitative estimate of drug-likeness (QED) is 0.730. The Balaban J connectivity index is 1.29. The Morgan fingerprint density at radius 1 is 0.939 bits per heavy atom. The number of rotatable bonds is 6. The van der Waals surface area contributed by atoms with Gasteiger partial charge in [-0.25, -0.2) is 4.98 Å². The molecule has 1 aliphatic carbocycles. The zero-order valence-corrected chi connectivity index (χ0v) is 19.1. The Morgan fingerprint density at radius 2 is 1.73 bits per heavy atom. The zero-order valence-electron chi connectivity index (χ0n) is 19.1. The summed E-state index contributed by atoms with van der Waals surface area (Å²) in [7, 11) is 0. The highest BCUT2D eigenvalue weighted by Crippen LogP contribution is 2.29. The third-order valence-corrected chi connectivity index (χ3v) is 6.70. The molecule has 0 bridgehead atoms. The number of nitrogens with zero attached hydrogens (tertiary/aromatic N) is 5. The molecule has 3 aliphatic rings. The first-order valence-electron chi connectivity index (χ1n) is 12.0. The van der Waals surface area contributed by atoms with Gasteiger partial charge < -0.3 is 19.6 Å². The Labute approximate surface area is 196 Å². The Kier molecular flexibility index (Phi) is 6.88. The summed E-state index contributed by atoms with van der Waals surface area (Å²) >= 11 is 0. The lowest BCUT2D eigenvalue weighted by molar-refractivity contribution is 0.122. The molecule has 2 saturated heterocycles. The van der Waals surface area contributed by atoms with Crippen LogP contribution in [0.15, 0.2) is 60.4 Å². The molecule has 1 atom stereocenters. The lowest BCUT2D eigenvalue weighted by Crippen LogP contribution is -2.47. The van der Waals surface area contributed by atoms with Crippen LogP contribution >= 0.6 is 0 Å². The van der Waals surface area contributed by atoms with Gasteiger partial charge in [0.25, 0.3) is 0 Å². The van der Waals surface area contributed by atoms with E-state index in [-0.39, 0.29) is 5.92 Å². The van der Waals surface area contributed by atoms with Crippen LogP contribution < -0.4 is 9.80 Å². The molecule has 0 spiro atoms. The minimum atomic E-state index is 0.0729. The van der Waals surface area contributed by atoms with E-state index in [1.807, 2.05) is 12.2 Å². The largest absolute Gasteiger partial charge is 0.508 e. The molecule has 7 nitrogen and oxygen atoms in total. The average molecular weight is 448 g/mol. The molecule has 0 radical (unpaired) electrons. The predicted molar refractivity (Wildman–Crippen MR) is 131 cm³/mol. The van der Waals surface area contributed by atoms with E-state index < -0.39 is 0 Å². The highest BCUT2D eigenvalue weighted by molar-refractivity contribution is 5.48. The number of allylic oxidation sites excluding steroid dienone is 3. The SMILES string of the molecule is OC1=CC(c2cc(N3CCN(CCc4ccccc4)CC3)nc(N3CCOCC3)n2)CC=C1. The van der Waals surface area contributed by atoms with Crippen LogP contribution in [0.1, 0.15) is 23.6 Å². The fourth-order valence-corrected chi connectivity index (χ4v) is 4.70. The smallest absolute Gasteiger partial charge is 0.227 e. The Bertz CT molecular complexity index is 979. The topological polar surface area (TPSA) is 65.0 Å². The molecule has 0 amide bonds. The van der Waals surface area contributed by atoms with Gasteiger partial charge in [0.05, 0.1) is 18.9 Å². The van der Waals surface area contributed by atoms with Crippen molar-refractivity contribution in [1.29, 1.82) is 0 Å². The van der Waals surface area contributed by atoms with Gasteiger partial charge in [0.15, 0.2) is 0 Å². The average Bonchev–Trinajstić information content (AvgIpc) is 2.89. The molecule has 1 N–H and O–H groups in total. The summed E-state index contributed by atoms with van der Waals surface area (Å²) in [6, 6.07) is 12.8. The Hall–Kier alpha value is -2.90. The lowest BCUT2D eigenvalue weighted by atomic mass is 9.96. The summed E-state index contributed by atoms with van der Waals surface area (Å²) in [5.74, 6) is 2.15. The second kappa shape index (κ2) is 10.4. The number of benzene rings is 1.